The lowest BCUT2D eigenvalue weighted by Gasteiger charge is -2.21. The van der Waals surface area contributed by atoms with E-state index >= 15 is 0 Å². The highest BCUT2D eigenvalue weighted by molar-refractivity contribution is 5.94. The maximum Gasteiger partial charge on any atom is 0.435 e. The normalized spacial score (nSPS) is 13.9. The van der Waals surface area contributed by atoms with Crippen LogP contribution in [0.3, 0.4) is 0 Å². The van der Waals surface area contributed by atoms with Crippen LogP contribution < -0.4 is 11.1 Å². The fourth-order valence-corrected chi connectivity index (χ4v) is 5.43. The first-order valence-electron chi connectivity index (χ1n) is 13.3. The molecule has 1 aliphatic rings. The number of benzene rings is 2. The first-order valence-corrected chi connectivity index (χ1v) is 13.3. The third-order valence-corrected chi connectivity index (χ3v) is 7.25. The lowest BCUT2D eigenvalue weighted by atomic mass is 9.86. The molecule has 5 rings (SSSR count). The van der Waals surface area contributed by atoms with Crippen LogP contribution in [0.15, 0.2) is 54.7 Å². The summed E-state index contributed by atoms with van der Waals surface area (Å²) in [7, 11) is 0. The Morgan fingerprint density at radius 1 is 1.05 bits per heavy atom. The minimum atomic E-state index is -4.69. The molecule has 2 aromatic heterocycles. The number of primary amides is 1. The molecular weight excluding hydrogens is 576 g/mol. The zero-order chi connectivity index (χ0) is 30.9. The van der Waals surface area contributed by atoms with Gasteiger partial charge in [-0.05, 0) is 60.8 Å². The van der Waals surface area contributed by atoms with Gasteiger partial charge in [0.25, 0.3) is 5.91 Å². The van der Waals surface area contributed by atoms with Crippen molar-refractivity contribution in [1.29, 1.82) is 0 Å². The van der Waals surface area contributed by atoms with Crippen LogP contribution in [0.2, 0.25) is 0 Å². The summed E-state index contributed by atoms with van der Waals surface area (Å²) < 4.78 is 84.4. The minimum absolute atomic E-state index is 0.0411. The Kier molecular flexibility index (Phi) is 8.36. The molecule has 7 nitrogen and oxygen atoms in total. The van der Waals surface area contributed by atoms with E-state index in [-0.39, 0.29) is 48.2 Å². The predicted octanol–water partition coefficient (Wildman–Crippen LogP) is 5.11. The highest BCUT2D eigenvalue weighted by Crippen LogP contribution is 2.35. The van der Waals surface area contributed by atoms with Gasteiger partial charge in [0.2, 0.25) is 0 Å². The minimum Gasteiger partial charge on any atom is -0.366 e. The number of hydrogen-bond acceptors (Lipinski definition) is 5. The molecule has 0 spiro atoms. The molecule has 1 amide bonds. The van der Waals surface area contributed by atoms with Crippen molar-refractivity contribution in [2.24, 2.45) is 5.73 Å². The first-order chi connectivity index (χ1) is 20.4. The molecule has 4 aromatic rings. The number of nitrogens with zero attached hydrogens (tertiary/aromatic N) is 3. The van der Waals surface area contributed by atoms with E-state index in [4.69, 9.17) is 5.73 Å². The second-order valence-corrected chi connectivity index (χ2v) is 10.3. The Hall–Kier alpha value is -4.52. The van der Waals surface area contributed by atoms with Crippen molar-refractivity contribution >= 4 is 11.7 Å². The SMILES string of the molecule is NC(=O)c1cc(-c2cccnc2[C@@H](CC(=O)Cn2nc(C(F)(F)F)c3c2CNCC3)Cc2cc(F)cc(F)c2)ccc1F. The van der Waals surface area contributed by atoms with Gasteiger partial charge in [-0.3, -0.25) is 19.3 Å². The Morgan fingerprint density at radius 2 is 1.79 bits per heavy atom. The molecule has 3 N–H and O–H groups in total. The number of rotatable bonds is 9. The first kappa shape index (κ1) is 30.0. The Morgan fingerprint density at radius 3 is 2.49 bits per heavy atom. The molecule has 0 fully saturated rings. The lowest BCUT2D eigenvalue weighted by molar-refractivity contribution is -0.142. The van der Waals surface area contributed by atoms with Gasteiger partial charge in [0.05, 0.1) is 23.5 Å². The number of halogens is 6. The summed E-state index contributed by atoms with van der Waals surface area (Å²) in [5.41, 5.74) is 5.47. The van der Waals surface area contributed by atoms with E-state index in [1.54, 1.807) is 12.1 Å². The van der Waals surface area contributed by atoms with Crippen LogP contribution in [0.25, 0.3) is 11.1 Å². The van der Waals surface area contributed by atoms with E-state index in [9.17, 15) is 35.9 Å². The van der Waals surface area contributed by atoms with Crippen LogP contribution in [0, 0.1) is 17.5 Å². The summed E-state index contributed by atoms with van der Waals surface area (Å²) in [4.78, 5) is 29.7. The van der Waals surface area contributed by atoms with E-state index in [2.05, 4.69) is 15.4 Å². The molecule has 224 valence electrons. The number of alkyl halides is 3. The summed E-state index contributed by atoms with van der Waals surface area (Å²) in [5, 5.41) is 6.72. The fourth-order valence-electron chi connectivity index (χ4n) is 5.43. The van der Waals surface area contributed by atoms with Gasteiger partial charge in [-0.25, -0.2) is 13.2 Å². The highest BCUT2D eigenvalue weighted by atomic mass is 19.4. The van der Waals surface area contributed by atoms with Gasteiger partial charge in [-0.1, -0.05) is 12.1 Å². The molecule has 13 heteroatoms. The number of ketones is 1. The van der Waals surface area contributed by atoms with E-state index in [0.717, 1.165) is 22.9 Å². The maximum atomic E-state index is 14.2. The molecule has 1 aliphatic heterocycles. The topological polar surface area (TPSA) is 103 Å². The van der Waals surface area contributed by atoms with Crippen LogP contribution in [0.4, 0.5) is 26.3 Å². The number of nitrogens with two attached hydrogens (primary N) is 1. The Balaban J connectivity index is 1.52. The van der Waals surface area contributed by atoms with Crippen LogP contribution in [-0.2, 0) is 36.9 Å². The highest BCUT2D eigenvalue weighted by Gasteiger charge is 2.39. The molecule has 0 aliphatic carbocycles. The van der Waals surface area contributed by atoms with Crippen molar-refractivity contribution in [3.8, 4) is 11.1 Å². The summed E-state index contributed by atoms with van der Waals surface area (Å²) in [5.74, 6) is -4.82. The molecule has 0 radical (unpaired) electrons. The number of amides is 1. The van der Waals surface area contributed by atoms with Crippen molar-refractivity contribution in [2.45, 2.75) is 44.4 Å². The lowest BCUT2D eigenvalue weighted by Crippen LogP contribution is -2.27. The second-order valence-electron chi connectivity index (χ2n) is 10.3. The van der Waals surface area contributed by atoms with Crippen molar-refractivity contribution in [3.63, 3.8) is 0 Å². The average molecular weight is 602 g/mol. The van der Waals surface area contributed by atoms with Crippen LogP contribution >= 0.6 is 0 Å². The molecule has 0 unspecified atom stereocenters. The standard InChI is InChI=1S/C30H25F6N5O2/c31-19-9-16(10-20(32)13-19)8-18(27-22(2-1-6-39-27)17-3-4-25(33)24(12-17)29(37)43)11-21(42)15-41-26-14-38-7-5-23(26)28(40-41)30(34,35)36/h1-4,6,9-10,12-13,18,38H,5,7-8,11,14-15H2,(H2,37,43)/t18-/m1/s1. The summed E-state index contributed by atoms with van der Waals surface area (Å²) in [6, 6.07) is 9.80. The summed E-state index contributed by atoms with van der Waals surface area (Å²) in [6.07, 6.45) is -3.50. The molecular formula is C30H25F6N5O2. The number of carbonyl (C=O) groups is 2. The van der Waals surface area contributed by atoms with Gasteiger partial charge in [-0.15, -0.1) is 0 Å². The molecule has 0 saturated carbocycles. The molecule has 0 bridgehead atoms. The van der Waals surface area contributed by atoms with Gasteiger partial charge in [0, 0.05) is 42.3 Å². The quantitative estimate of drug-likeness (QED) is 0.260. The monoisotopic (exact) mass is 601 g/mol. The third kappa shape index (κ3) is 6.61. The number of Topliss-reactive ketones (excluding diaryl/α,β-unsaturated/α-hetero) is 1. The fraction of sp³-hybridized carbons (Fsp3) is 0.267. The second kappa shape index (κ2) is 12.0. The van der Waals surface area contributed by atoms with E-state index in [1.165, 1.54) is 18.3 Å². The van der Waals surface area contributed by atoms with Crippen molar-refractivity contribution in [3.05, 3.63) is 106 Å². The Labute approximate surface area is 241 Å². The van der Waals surface area contributed by atoms with Crippen LogP contribution in [0.1, 0.15) is 50.9 Å². The summed E-state index contributed by atoms with van der Waals surface area (Å²) in [6.45, 7) is -0.0290. The number of hydrogen-bond donors (Lipinski definition) is 2. The number of pyridine rings is 1. The molecule has 3 heterocycles. The zero-order valence-electron chi connectivity index (χ0n) is 22.5. The van der Waals surface area contributed by atoms with E-state index in [0.29, 0.717) is 29.4 Å². The number of aromatic nitrogens is 3. The van der Waals surface area contributed by atoms with Gasteiger partial charge in [-0.2, -0.15) is 18.3 Å². The third-order valence-electron chi connectivity index (χ3n) is 7.25. The molecule has 43 heavy (non-hydrogen) atoms. The molecule has 0 saturated heterocycles. The van der Waals surface area contributed by atoms with Crippen molar-refractivity contribution in [1.82, 2.24) is 20.1 Å². The zero-order valence-corrected chi connectivity index (χ0v) is 22.5. The van der Waals surface area contributed by atoms with E-state index < -0.39 is 53.5 Å². The number of fused-ring (bicyclic) bond motifs is 1. The van der Waals surface area contributed by atoms with Gasteiger partial charge in [0.1, 0.15) is 17.5 Å². The Bertz CT molecular complexity index is 1680. The summed E-state index contributed by atoms with van der Waals surface area (Å²) >= 11 is 0. The van der Waals surface area contributed by atoms with Gasteiger partial charge >= 0.3 is 6.18 Å². The smallest absolute Gasteiger partial charge is 0.366 e. The van der Waals surface area contributed by atoms with Gasteiger partial charge in [0.15, 0.2) is 11.5 Å². The van der Waals surface area contributed by atoms with Crippen molar-refractivity contribution < 1.29 is 35.9 Å². The molecule has 1 atom stereocenters. The predicted molar refractivity (Wildman–Crippen MR) is 143 cm³/mol. The average Bonchev–Trinajstić information content (AvgIpc) is 3.31. The van der Waals surface area contributed by atoms with Gasteiger partial charge < -0.3 is 11.1 Å². The van der Waals surface area contributed by atoms with Crippen LogP contribution in [-0.4, -0.2) is 33.0 Å². The largest absolute Gasteiger partial charge is 0.435 e. The number of carbonyl (C=O) groups excluding carboxylic acids is 2. The molecule has 2 aromatic carbocycles. The maximum absolute atomic E-state index is 14.2. The van der Waals surface area contributed by atoms with Crippen LogP contribution in [0.5, 0.6) is 0 Å². The number of nitrogens with one attached hydrogen (secondary N) is 1. The van der Waals surface area contributed by atoms with Crippen molar-refractivity contribution in [2.75, 3.05) is 6.54 Å². The van der Waals surface area contributed by atoms with E-state index in [1.807, 2.05) is 0 Å².